The molecule has 15 heavy (non-hydrogen) atoms. The summed E-state index contributed by atoms with van der Waals surface area (Å²) in [5.74, 6) is -0.649. The molecule has 0 bridgehead atoms. The van der Waals surface area contributed by atoms with Crippen LogP contribution in [0.3, 0.4) is 0 Å². The highest BCUT2D eigenvalue weighted by molar-refractivity contribution is 14.1. The molecule has 0 fully saturated rings. The van der Waals surface area contributed by atoms with Crippen LogP contribution in [0.4, 0.5) is 10.1 Å². The highest BCUT2D eigenvalue weighted by Gasteiger charge is 2.12. The molecular weight excluding hydrogens is 356 g/mol. The van der Waals surface area contributed by atoms with Crippen LogP contribution in [0, 0.1) is 9.39 Å². The molecule has 0 atom stereocenters. The van der Waals surface area contributed by atoms with Crippen LogP contribution in [-0.4, -0.2) is 20.1 Å². The first-order chi connectivity index (χ1) is 6.96. The quantitative estimate of drug-likeness (QED) is 0.660. The Kier molecular flexibility index (Phi) is 4.60. The van der Waals surface area contributed by atoms with E-state index in [1.807, 2.05) is 0 Å². The number of hydrogen-bond donors (Lipinski definition) is 1. The number of anilines is 1. The van der Waals surface area contributed by atoms with Gasteiger partial charge >= 0.3 is 0 Å². The lowest BCUT2D eigenvalue weighted by Gasteiger charge is -2.08. The van der Waals surface area contributed by atoms with E-state index < -0.39 is 15.8 Å². The Hall–Kier alpha value is -0.0800. The molecule has 0 saturated carbocycles. The second kappa shape index (κ2) is 5.31. The van der Waals surface area contributed by atoms with Gasteiger partial charge < -0.3 is 0 Å². The topological polar surface area (TPSA) is 46.2 Å². The first-order valence-corrected chi connectivity index (χ1v) is 7.23. The second-order valence-electron chi connectivity index (χ2n) is 2.71. The molecule has 0 aliphatic rings. The van der Waals surface area contributed by atoms with E-state index in [0.717, 1.165) is 0 Å². The molecule has 0 aliphatic carbocycles. The molecule has 1 aromatic rings. The summed E-state index contributed by atoms with van der Waals surface area (Å²) in [6, 6.07) is 4.20. The van der Waals surface area contributed by atoms with Gasteiger partial charge in [-0.25, -0.2) is 12.8 Å². The Labute approximate surface area is 106 Å². The molecule has 0 radical (unpaired) electrons. The van der Waals surface area contributed by atoms with Gasteiger partial charge in [-0.2, -0.15) is 0 Å². The number of rotatable bonds is 4. The summed E-state index contributed by atoms with van der Waals surface area (Å²) in [5, 5.41) is 0. The van der Waals surface area contributed by atoms with Crippen molar-refractivity contribution in [2.75, 3.05) is 16.4 Å². The molecule has 1 rings (SSSR count). The first kappa shape index (κ1) is 13.0. The highest BCUT2D eigenvalue weighted by atomic mass is 127. The van der Waals surface area contributed by atoms with E-state index in [9.17, 15) is 12.8 Å². The Morgan fingerprint density at radius 3 is 2.73 bits per heavy atom. The molecule has 1 N–H and O–H groups in total. The van der Waals surface area contributed by atoms with Crippen molar-refractivity contribution < 1.29 is 12.8 Å². The number of halogens is 3. The summed E-state index contributed by atoms with van der Waals surface area (Å²) < 4.78 is 38.3. The lowest BCUT2D eigenvalue weighted by molar-refractivity contribution is 0.602. The van der Waals surface area contributed by atoms with Crippen LogP contribution in [0.2, 0.25) is 0 Å². The number of hydrogen-bond acceptors (Lipinski definition) is 2. The van der Waals surface area contributed by atoms with Crippen molar-refractivity contribution in [2.24, 2.45) is 0 Å². The molecule has 0 heterocycles. The van der Waals surface area contributed by atoms with Crippen molar-refractivity contribution in [1.82, 2.24) is 0 Å². The molecule has 0 unspecified atom stereocenters. The zero-order valence-electron chi connectivity index (χ0n) is 7.50. The molecular formula is C8H8ClFINO2S. The van der Waals surface area contributed by atoms with E-state index in [1.165, 1.54) is 18.2 Å². The Balaban J connectivity index is 2.95. The third-order valence-electron chi connectivity index (χ3n) is 1.56. The van der Waals surface area contributed by atoms with Crippen molar-refractivity contribution in [3.8, 4) is 0 Å². The molecule has 7 heteroatoms. The summed E-state index contributed by atoms with van der Waals surface area (Å²) >= 11 is 7.07. The van der Waals surface area contributed by atoms with Crippen LogP contribution in [-0.2, 0) is 10.0 Å². The summed E-state index contributed by atoms with van der Waals surface area (Å²) in [5.41, 5.74) is 0.237. The predicted molar refractivity (Wildman–Crippen MR) is 67.2 cm³/mol. The van der Waals surface area contributed by atoms with E-state index >= 15 is 0 Å². The van der Waals surface area contributed by atoms with Crippen LogP contribution >= 0.6 is 34.2 Å². The van der Waals surface area contributed by atoms with E-state index in [1.54, 1.807) is 22.6 Å². The zero-order valence-corrected chi connectivity index (χ0v) is 11.2. The SMILES string of the molecule is O=S(=O)(CCCl)Nc1cccc(F)c1I. The van der Waals surface area contributed by atoms with Gasteiger partial charge in [-0.1, -0.05) is 6.07 Å². The molecule has 0 amide bonds. The van der Waals surface area contributed by atoms with Crippen LogP contribution in [0.25, 0.3) is 0 Å². The van der Waals surface area contributed by atoms with Gasteiger partial charge in [0.05, 0.1) is 15.0 Å². The molecule has 0 saturated heterocycles. The van der Waals surface area contributed by atoms with Gasteiger partial charge in [0.15, 0.2) is 0 Å². The number of nitrogens with one attached hydrogen (secondary N) is 1. The average molecular weight is 364 g/mol. The summed E-state index contributed by atoms with van der Waals surface area (Å²) in [7, 11) is -3.48. The zero-order chi connectivity index (χ0) is 11.5. The number of alkyl halides is 1. The molecule has 84 valence electrons. The van der Waals surface area contributed by atoms with Crippen molar-refractivity contribution in [2.45, 2.75) is 0 Å². The highest BCUT2D eigenvalue weighted by Crippen LogP contribution is 2.21. The Bertz CT molecular complexity index is 452. The fourth-order valence-electron chi connectivity index (χ4n) is 0.903. The number of benzene rings is 1. The summed E-state index contributed by atoms with van der Waals surface area (Å²) in [4.78, 5) is 0. The average Bonchev–Trinajstić information content (AvgIpc) is 2.12. The maximum atomic E-state index is 13.1. The maximum Gasteiger partial charge on any atom is 0.233 e. The normalized spacial score (nSPS) is 11.4. The molecule has 1 aromatic carbocycles. The summed E-state index contributed by atoms with van der Waals surface area (Å²) in [6.45, 7) is 0. The third kappa shape index (κ3) is 3.76. The van der Waals surface area contributed by atoms with Crippen molar-refractivity contribution in [3.05, 3.63) is 27.6 Å². The Morgan fingerprint density at radius 1 is 1.47 bits per heavy atom. The van der Waals surface area contributed by atoms with Crippen molar-refractivity contribution in [3.63, 3.8) is 0 Å². The lowest BCUT2D eigenvalue weighted by Crippen LogP contribution is -2.18. The molecule has 3 nitrogen and oxygen atoms in total. The minimum absolute atomic E-state index is 0.00122. The molecule has 0 aliphatic heterocycles. The fourth-order valence-corrected chi connectivity index (χ4v) is 3.00. The van der Waals surface area contributed by atoms with Gasteiger partial charge in [0.1, 0.15) is 5.82 Å². The minimum atomic E-state index is -3.48. The lowest BCUT2D eigenvalue weighted by atomic mass is 10.3. The molecule has 0 spiro atoms. The predicted octanol–water partition coefficient (Wildman–Crippen LogP) is 2.41. The van der Waals surface area contributed by atoms with Gasteiger partial charge in [-0.15, -0.1) is 11.6 Å². The minimum Gasteiger partial charge on any atom is -0.282 e. The van der Waals surface area contributed by atoms with Crippen LogP contribution in [0.15, 0.2) is 18.2 Å². The standard InChI is InChI=1S/C8H8ClFINO2S/c9-4-5-15(13,14)12-7-3-1-2-6(10)8(7)11/h1-3,12H,4-5H2. The number of sulfonamides is 1. The smallest absolute Gasteiger partial charge is 0.233 e. The van der Waals surface area contributed by atoms with Gasteiger partial charge in [0.2, 0.25) is 10.0 Å². The van der Waals surface area contributed by atoms with E-state index in [4.69, 9.17) is 11.6 Å². The first-order valence-electron chi connectivity index (χ1n) is 3.97. The largest absolute Gasteiger partial charge is 0.282 e. The third-order valence-corrected chi connectivity index (χ3v) is 4.34. The Morgan fingerprint density at radius 2 is 2.13 bits per heavy atom. The second-order valence-corrected chi connectivity index (χ2v) is 6.01. The monoisotopic (exact) mass is 363 g/mol. The van der Waals surface area contributed by atoms with Gasteiger partial charge in [0, 0.05) is 5.88 Å². The van der Waals surface area contributed by atoms with Crippen LogP contribution in [0.5, 0.6) is 0 Å². The fraction of sp³-hybridized carbons (Fsp3) is 0.250. The van der Waals surface area contributed by atoms with Gasteiger partial charge in [-0.05, 0) is 34.7 Å². The molecule has 0 aromatic heterocycles. The van der Waals surface area contributed by atoms with E-state index in [0.29, 0.717) is 0 Å². The summed E-state index contributed by atoms with van der Waals surface area (Å²) in [6.07, 6.45) is 0. The van der Waals surface area contributed by atoms with Gasteiger partial charge in [0.25, 0.3) is 0 Å². The maximum absolute atomic E-state index is 13.1. The van der Waals surface area contributed by atoms with Crippen molar-refractivity contribution >= 4 is 49.9 Å². The van der Waals surface area contributed by atoms with Crippen molar-refractivity contribution in [1.29, 1.82) is 0 Å². The van der Waals surface area contributed by atoms with E-state index in [-0.39, 0.29) is 20.9 Å². The van der Waals surface area contributed by atoms with Gasteiger partial charge in [-0.3, -0.25) is 4.72 Å². The van der Waals surface area contributed by atoms with E-state index in [2.05, 4.69) is 4.72 Å². The van der Waals surface area contributed by atoms with Crippen LogP contribution < -0.4 is 4.72 Å². The van der Waals surface area contributed by atoms with Crippen LogP contribution in [0.1, 0.15) is 0 Å².